The molecule has 0 spiro atoms. The third-order valence-electron chi connectivity index (χ3n) is 7.66. The maximum absolute atomic E-state index is 11.8. The molecule has 0 saturated heterocycles. The number of carbonyl (C=O) groups is 1. The average molecular weight is 331 g/mol. The van der Waals surface area contributed by atoms with Crippen molar-refractivity contribution >= 4 is 5.78 Å². The summed E-state index contributed by atoms with van der Waals surface area (Å²) in [4.78, 5) is 11.8. The first-order valence-electron chi connectivity index (χ1n) is 10.2. The zero-order valence-corrected chi connectivity index (χ0v) is 15.9. The van der Waals surface area contributed by atoms with Crippen LogP contribution in [0.5, 0.6) is 0 Å². The molecule has 0 N–H and O–H groups in total. The van der Waals surface area contributed by atoms with Crippen LogP contribution in [0.15, 0.2) is 11.6 Å². The van der Waals surface area contributed by atoms with Gasteiger partial charge in [-0.25, -0.2) is 0 Å². The highest BCUT2D eigenvalue weighted by atomic mass is 16.5. The fourth-order valence-electron chi connectivity index (χ4n) is 6.57. The Morgan fingerprint density at radius 1 is 1.17 bits per heavy atom. The van der Waals surface area contributed by atoms with E-state index in [1.54, 1.807) is 0 Å². The van der Waals surface area contributed by atoms with Crippen LogP contribution in [0.3, 0.4) is 0 Å². The first-order valence-corrected chi connectivity index (χ1v) is 10.2. The van der Waals surface area contributed by atoms with Gasteiger partial charge in [-0.1, -0.05) is 12.5 Å². The summed E-state index contributed by atoms with van der Waals surface area (Å²) >= 11 is 0. The van der Waals surface area contributed by atoms with Crippen LogP contribution in [0.2, 0.25) is 0 Å². The highest BCUT2D eigenvalue weighted by Crippen LogP contribution is 2.62. The summed E-state index contributed by atoms with van der Waals surface area (Å²) in [5, 5.41) is 0. The minimum atomic E-state index is -0.0361. The van der Waals surface area contributed by atoms with Gasteiger partial charge in [-0.15, -0.1) is 0 Å². The molecule has 0 aromatic heterocycles. The van der Waals surface area contributed by atoms with Gasteiger partial charge in [0.1, 0.15) is 0 Å². The molecule has 2 nitrogen and oxygen atoms in total. The molecule has 6 atom stereocenters. The zero-order valence-electron chi connectivity index (χ0n) is 15.9. The first-order chi connectivity index (χ1) is 11.3. The van der Waals surface area contributed by atoms with Crippen LogP contribution >= 0.6 is 0 Å². The largest absolute Gasteiger partial charge is 0.372 e. The molecule has 0 heterocycles. The van der Waals surface area contributed by atoms with E-state index in [2.05, 4.69) is 27.7 Å². The number of hydrogen-bond donors (Lipinski definition) is 0. The van der Waals surface area contributed by atoms with Gasteiger partial charge in [0.2, 0.25) is 0 Å². The number of carbonyl (C=O) groups excluding carboxylic acids is 1. The van der Waals surface area contributed by atoms with Crippen molar-refractivity contribution in [1.29, 1.82) is 0 Å². The van der Waals surface area contributed by atoms with Crippen LogP contribution in [0.1, 0.15) is 79.1 Å². The molecule has 0 aromatic rings. The number of ether oxygens (including phenoxy) is 1. The van der Waals surface area contributed by atoms with Crippen molar-refractivity contribution in [3.05, 3.63) is 11.6 Å². The fraction of sp³-hybridized carbons (Fsp3) is 0.864. The first kappa shape index (κ1) is 16.8. The van der Waals surface area contributed by atoms with E-state index in [4.69, 9.17) is 4.74 Å². The summed E-state index contributed by atoms with van der Waals surface area (Å²) in [7, 11) is 0. The number of ketones is 1. The molecule has 4 rings (SSSR count). The van der Waals surface area contributed by atoms with Crippen molar-refractivity contribution in [3.63, 3.8) is 0 Å². The molecule has 0 aromatic carbocycles. The lowest BCUT2D eigenvalue weighted by Gasteiger charge is -2.53. The third-order valence-corrected chi connectivity index (χ3v) is 7.66. The fourth-order valence-corrected chi connectivity index (χ4v) is 6.57. The molecule has 0 bridgehead atoms. The molecule has 24 heavy (non-hydrogen) atoms. The Morgan fingerprint density at radius 2 is 1.96 bits per heavy atom. The molecule has 2 heteroatoms. The van der Waals surface area contributed by atoms with E-state index in [9.17, 15) is 4.79 Å². The predicted molar refractivity (Wildman–Crippen MR) is 96.7 cm³/mol. The van der Waals surface area contributed by atoms with E-state index in [1.165, 1.54) is 44.1 Å². The summed E-state index contributed by atoms with van der Waals surface area (Å²) in [6.45, 7) is 9.12. The Bertz CT molecular complexity index is 555. The highest BCUT2D eigenvalue weighted by molar-refractivity contribution is 5.91. The topological polar surface area (TPSA) is 26.3 Å². The molecule has 3 saturated carbocycles. The smallest absolute Gasteiger partial charge is 0.155 e. The molecule has 4 aliphatic carbocycles. The Kier molecular flexibility index (Phi) is 3.99. The maximum Gasteiger partial charge on any atom is 0.155 e. The molecule has 134 valence electrons. The monoisotopic (exact) mass is 330 g/mol. The second-order valence-electron chi connectivity index (χ2n) is 10.2. The molecule has 0 aliphatic heterocycles. The minimum Gasteiger partial charge on any atom is -0.372 e. The summed E-state index contributed by atoms with van der Waals surface area (Å²) in [6.07, 6.45) is 12.1. The van der Waals surface area contributed by atoms with E-state index >= 15 is 0 Å². The summed E-state index contributed by atoms with van der Waals surface area (Å²) in [6, 6.07) is 0. The summed E-state index contributed by atoms with van der Waals surface area (Å²) in [5.74, 6) is 3.61. The van der Waals surface area contributed by atoms with Crippen LogP contribution < -0.4 is 0 Å². The predicted octanol–water partition coefficient (Wildman–Crippen LogP) is 5.31. The SMILES string of the molecule is CC(C)(C)OC1CC[C@H]2[C@@H]3CC4CCC(=O)C=C4C[C@H]3CCC12C. The van der Waals surface area contributed by atoms with Crippen LogP contribution in [0.4, 0.5) is 0 Å². The summed E-state index contributed by atoms with van der Waals surface area (Å²) < 4.78 is 6.52. The van der Waals surface area contributed by atoms with Crippen LogP contribution in [-0.2, 0) is 9.53 Å². The van der Waals surface area contributed by atoms with Crippen molar-refractivity contribution in [2.24, 2.45) is 29.1 Å². The van der Waals surface area contributed by atoms with Gasteiger partial charge in [-0.2, -0.15) is 0 Å². The van der Waals surface area contributed by atoms with Gasteiger partial charge < -0.3 is 4.74 Å². The number of allylic oxidation sites excluding steroid dienone is 2. The van der Waals surface area contributed by atoms with Gasteiger partial charge >= 0.3 is 0 Å². The van der Waals surface area contributed by atoms with E-state index in [0.717, 1.165) is 30.6 Å². The van der Waals surface area contributed by atoms with E-state index in [1.807, 2.05) is 6.08 Å². The number of rotatable bonds is 1. The van der Waals surface area contributed by atoms with Crippen molar-refractivity contribution in [3.8, 4) is 0 Å². The van der Waals surface area contributed by atoms with E-state index in [-0.39, 0.29) is 5.60 Å². The molecule has 3 unspecified atom stereocenters. The van der Waals surface area contributed by atoms with Crippen LogP contribution in [0, 0.1) is 29.1 Å². The lowest BCUT2D eigenvalue weighted by molar-refractivity contribution is -0.131. The van der Waals surface area contributed by atoms with Crippen LogP contribution in [0.25, 0.3) is 0 Å². The second kappa shape index (κ2) is 5.69. The number of fused-ring (bicyclic) bond motifs is 4. The molecular formula is C22H34O2. The number of hydrogen-bond acceptors (Lipinski definition) is 2. The van der Waals surface area contributed by atoms with Crippen LogP contribution in [-0.4, -0.2) is 17.5 Å². The maximum atomic E-state index is 11.8. The van der Waals surface area contributed by atoms with Gasteiger partial charge in [0.25, 0.3) is 0 Å². The molecule has 4 aliphatic rings. The molecule has 3 fully saturated rings. The third kappa shape index (κ3) is 2.79. The quantitative estimate of drug-likeness (QED) is 0.651. The Morgan fingerprint density at radius 3 is 2.71 bits per heavy atom. The lowest BCUT2D eigenvalue weighted by Crippen LogP contribution is -2.48. The Labute approximate surface area is 147 Å². The Balaban J connectivity index is 1.54. The van der Waals surface area contributed by atoms with Crippen molar-refractivity contribution in [2.45, 2.75) is 90.8 Å². The van der Waals surface area contributed by atoms with Crippen molar-refractivity contribution < 1.29 is 9.53 Å². The zero-order chi connectivity index (χ0) is 17.1. The van der Waals surface area contributed by atoms with E-state index < -0.39 is 0 Å². The summed E-state index contributed by atoms with van der Waals surface area (Å²) in [5.41, 5.74) is 1.84. The van der Waals surface area contributed by atoms with Gasteiger partial charge in [0, 0.05) is 6.42 Å². The molecule has 0 amide bonds. The molecule has 0 radical (unpaired) electrons. The second-order valence-corrected chi connectivity index (χ2v) is 10.2. The molecular weight excluding hydrogens is 296 g/mol. The Hall–Kier alpha value is -0.630. The van der Waals surface area contributed by atoms with Crippen molar-refractivity contribution in [2.75, 3.05) is 0 Å². The minimum absolute atomic E-state index is 0.0361. The standard InChI is InChI=1S/C22H34O2/c1-21(2,3)24-20-8-7-19-18-13-14-5-6-17(23)12-16(14)11-15(18)9-10-22(19,20)4/h12,14-15,18-20H,5-11,13H2,1-4H3/t14?,15-,18-,19+,20?,22?/m1/s1. The lowest BCUT2D eigenvalue weighted by atomic mass is 9.53. The van der Waals surface area contributed by atoms with Gasteiger partial charge in [-0.3, -0.25) is 4.79 Å². The van der Waals surface area contributed by atoms with E-state index in [0.29, 0.717) is 23.2 Å². The highest BCUT2D eigenvalue weighted by Gasteiger charge is 2.56. The van der Waals surface area contributed by atoms with Gasteiger partial charge in [0.05, 0.1) is 11.7 Å². The van der Waals surface area contributed by atoms with Crippen molar-refractivity contribution in [1.82, 2.24) is 0 Å². The van der Waals surface area contributed by atoms with Gasteiger partial charge in [0.15, 0.2) is 5.78 Å². The van der Waals surface area contributed by atoms with Gasteiger partial charge in [-0.05, 0) is 101 Å². The normalized spacial score (nSPS) is 45.2. The average Bonchev–Trinajstić information content (AvgIpc) is 2.81.